The molecule has 0 bridgehead atoms. The van der Waals surface area contributed by atoms with Gasteiger partial charge in [-0.15, -0.1) is 0 Å². The number of hydrogen-bond donors (Lipinski definition) is 1. The van der Waals surface area contributed by atoms with Crippen LogP contribution in [0.5, 0.6) is 11.6 Å². The number of hydrazone groups is 1. The van der Waals surface area contributed by atoms with Gasteiger partial charge in [-0.2, -0.15) is 10.1 Å². The smallest absolute Gasteiger partial charge is 0.223 e. The van der Waals surface area contributed by atoms with Crippen LogP contribution in [0, 0.1) is 6.92 Å². The molecule has 148 valence electrons. The topological polar surface area (TPSA) is 59.0 Å². The van der Waals surface area contributed by atoms with Crippen molar-refractivity contribution in [3.05, 3.63) is 77.9 Å². The predicted octanol–water partition coefficient (Wildman–Crippen LogP) is 4.46. The van der Waals surface area contributed by atoms with E-state index in [0.717, 1.165) is 30.1 Å². The van der Waals surface area contributed by atoms with E-state index < -0.39 is 0 Å². The lowest BCUT2D eigenvalue weighted by molar-refractivity contribution is 0.122. The fourth-order valence-electron chi connectivity index (χ4n) is 3.14. The summed E-state index contributed by atoms with van der Waals surface area (Å²) in [6.45, 7) is 5.16. The largest absolute Gasteiger partial charge is 0.439 e. The number of aryl methyl sites for hydroxylation is 1. The first-order chi connectivity index (χ1) is 14.3. The zero-order valence-corrected chi connectivity index (χ0v) is 16.4. The highest BCUT2D eigenvalue weighted by atomic mass is 16.5. The average Bonchev–Trinajstić information content (AvgIpc) is 2.75. The Kier molecular flexibility index (Phi) is 6.02. The number of nitrogens with one attached hydrogen (secondary N) is 1. The van der Waals surface area contributed by atoms with Gasteiger partial charge in [-0.3, -0.25) is 5.43 Å². The number of ether oxygens (including phenoxy) is 2. The molecule has 0 radical (unpaired) electrons. The van der Waals surface area contributed by atoms with Crippen molar-refractivity contribution in [3.8, 4) is 11.6 Å². The van der Waals surface area contributed by atoms with E-state index in [0.29, 0.717) is 24.9 Å². The average molecular weight is 388 g/mol. The van der Waals surface area contributed by atoms with E-state index in [1.807, 2.05) is 54.6 Å². The van der Waals surface area contributed by atoms with Gasteiger partial charge in [0.25, 0.3) is 0 Å². The molecule has 4 rings (SSSR count). The van der Waals surface area contributed by atoms with Crippen molar-refractivity contribution >= 4 is 17.7 Å². The van der Waals surface area contributed by atoms with Gasteiger partial charge < -0.3 is 14.4 Å². The van der Waals surface area contributed by atoms with Crippen LogP contribution in [0.1, 0.15) is 11.1 Å². The van der Waals surface area contributed by atoms with E-state index in [1.54, 1.807) is 6.21 Å². The molecule has 3 aromatic rings. The van der Waals surface area contributed by atoms with Crippen LogP contribution in [0.25, 0.3) is 0 Å². The second-order valence-electron chi connectivity index (χ2n) is 6.85. The van der Waals surface area contributed by atoms with Crippen molar-refractivity contribution in [2.75, 3.05) is 36.6 Å². The number of nitrogens with zero attached hydrogens (tertiary/aromatic N) is 3. The molecule has 6 heteroatoms. The molecule has 1 aliphatic rings. The Balaban J connectivity index is 1.56. The van der Waals surface area contributed by atoms with Crippen molar-refractivity contribution in [2.24, 2.45) is 5.10 Å². The van der Waals surface area contributed by atoms with Gasteiger partial charge in [0.1, 0.15) is 5.75 Å². The van der Waals surface area contributed by atoms with Crippen molar-refractivity contribution in [3.63, 3.8) is 0 Å². The van der Waals surface area contributed by atoms with Crippen LogP contribution in [-0.4, -0.2) is 37.5 Å². The normalized spacial score (nSPS) is 14.2. The number of morpholine rings is 1. The van der Waals surface area contributed by atoms with Crippen LogP contribution in [0.2, 0.25) is 0 Å². The van der Waals surface area contributed by atoms with Crippen LogP contribution in [0.4, 0.5) is 11.5 Å². The van der Waals surface area contributed by atoms with Gasteiger partial charge in [0.05, 0.1) is 19.4 Å². The Morgan fingerprint density at radius 3 is 2.66 bits per heavy atom. The van der Waals surface area contributed by atoms with Gasteiger partial charge in [-0.1, -0.05) is 48.0 Å². The van der Waals surface area contributed by atoms with Crippen molar-refractivity contribution in [2.45, 2.75) is 6.92 Å². The standard InChI is InChI=1S/C23H24N4O2/c1-18-6-5-7-19(14-18)17-24-26-22-15-20(27-10-12-28-13-11-27)16-23(25-22)29-21-8-3-2-4-9-21/h2-9,14-17H,10-13H2,1H3,(H,25,26). The molecular weight excluding hydrogens is 364 g/mol. The Morgan fingerprint density at radius 2 is 1.86 bits per heavy atom. The first kappa shape index (κ1) is 19.0. The maximum absolute atomic E-state index is 5.97. The zero-order valence-electron chi connectivity index (χ0n) is 16.4. The molecular formula is C23H24N4O2. The molecule has 1 saturated heterocycles. The van der Waals surface area contributed by atoms with Crippen molar-refractivity contribution in [1.82, 2.24) is 4.98 Å². The Morgan fingerprint density at radius 1 is 1.03 bits per heavy atom. The minimum atomic E-state index is 0.522. The predicted molar refractivity (Wildman–Crippen MR) is 116 cm³/mol. The summed E-state index contributed by atoms with van der Waals surface area (Å²) in [5.74, 6) is 1.89. The van der Waals surface area contributed by atoms with E-state index in [-0.39, 0.29) is 0 Å². The second kappa shape index (κ2) is 9.21. The van der Waals surface area contributed by atoms with Gasteiger partial charge in [-0.25, -0.2) is 0 Å². The van der Waals surface area contributed by atoms with Crippen LogP contribution in [0.3, 0.4) is 0 Å². The van der Waals surface area contributed by atoms with E-state index in [4.69, 9.17) is 9.47 Å². The molecule has 0 spiro atoms. The zero-order chi connectivity index (χ0) is 19.9. The van der Waals surface area contributed by atoms with Crippen LogP contribution >= 0.6 is 0 Å². The molecule has 2 heterocycles. The van der Waals surface area contributed by atoms with Gasteiger partial charge in [0.15, 0.2) is 5.82 Å². The lowest BCUT2D eigenvalue weighted by Gasteiger charge is -2.29. The molecule has 0 amide bonds. The minimum Gasteiger partial charge on any atom is -0.439 e. The maximum atomic E-state index is 5.97. The third kappa shape index (κ3) is 5.33. The monoisotopic (exact) mass is 388 g/mol. The molecule has 1 aromatic heterocycles. The number of aromatic nitrogens is 1. The summed E-state index contributed by atoms with van der Waals surface area (Å²) in [7, 11) is 0. The van der Waals surface area contributed by atoms with Crippen molar-refractivity contribution < 1.29 is 9.47 Å². The molecule has 1 N–H and O–H groups in total. The summed E-state index contributed by atoms with van der Waals surface area (Å²) in [5, 5.41) is 4.35. The molecule has 6 nitrogen and oxygen atoms in total. The summed E-state index contributed by atoms with van der Waals surface area (Å²) in [6, 6.07) is 21.7. The summed E-state index contributed by atoms with van der Waals surface area (Å²) < 4.78 is 11.4. The van der Waals surface area contributed by atoms with E-state index in [9.17, 15) is 0 Å². The van der Waals surface area contributed by atoms with Crippen molar-refractivity contribution in [1.29, 1.82) is 0 Å². The quantitative estimate of drug-likeness (QED) is 0.499. The third-order valence-corrected chi connectivity index (χ3v) is 4.56. The number of hydrogen-bond acceptors (Lipinski definition) is 6. The Bertz CT molecular complexity index is 970. The van der Waals surface area contributed by atoms with E-state index in [1.165, 1.54) is 5.56 Å². The molecule has 0 saturated carbocycles. The SMILES string of the molecule is Cc1cccc(C=NNc2cc(N3CCOCC3)cc(Oc3ccccc3)n2)c1. The Hall–Kier alpha value is -3.38. The summed E-state index contributed by atoms with van der Waals surface area (Å²) >= 11 is 0. The number of rotatable bonds is 6. The Labute approximate surface area is 170 Å². The lowest BCUT2D eigenvalue weighted by Crippen LogP contribution is -2.36. The molecule has 2 aromatic carbocycles. The van der Waals surface area contributed by atoms with Gasteiger partial charge in [-0.05, 0) is 24.6 Å². The highest BCUT2D eigenvalue weighted by molar-refractivity contribution is 5.80. The van der Waals surface area contributed by atoms with Crippen LogP contribution < -0.4 is 15.1 Å². The van der Waals surface area contributed by atoms with Crippen LogP contribution in [-0.2, 0) is 4.74 Å². The molecule has 0 unspecified atom stereocenters. The highest BCUT2D eigenvalue weighted by Crippen LogP contribution is 2.28. The second-order valence-corrected chi connectivity index (χ2v) is 6.85. The van der Waals surface area contributed by atoms with Gasteiger partial charge in [0, 0.05) is 30.9 Å². The molecule has 1 aliphatic heterocycles. The summed E-state index contributed by atoms with van der Waals surface area (Å²) in [5.41, 5.74) is 6.29. The fraction of sp³-hybridized carbons (Fsp3) is 0.217. The van der Waals surface area contributed by atoms with Crippen LogP contribution in [0.15, 0.2) is 71.8 Å². The number of pyridine rings is 1. The first-order valence-electron chi connectivity index (χ1n) is 9.70. The van der Waals surface area contributed by atoms with Gasteiger partial charge in [0.2, 0.25) is 5.88 Å². The van der Waals surface area contributed by atoms with E-state index >= 15 is 0 Å². The molecule has 0 aliphatic carbocycles. The lowest BCUT2D eigenvalue weighted by atomic mass is 10.2. The number of para-hydroxylation sites is 1. The fourth-order valence-corrected chi connectivity index (χ4v) is 3.14. The molecule has 29 heavy (non-hydrogen) atoms. The minimum absolute atomic E-state index is 0.522. The number of benzene rings is 2. The summed E-state index contributed by atoms with van der Waals surface area (Å²) in [4.78, 5) is 6.83. The van der Waals surface area contributed by atoms with E-state index in [2.05, 4.69) is 39.5 Å². The summed E-state index contributed by atoms with van der Waals surface area (Å²) in [6.07, 6.45) is 1.79. The molecule has 1 fully saturated rings. The number of anilines is 2. The highest BCUT2D eigenvalue weighted by Gasteiger charge is 2.14. The molecule has 0 atom stereocenters. The third-order valence-electron chi connectivity index (χ3n) is 4.56. The maximum Gasteiger partial charge on any atom is 0.223 e. The van der Waals surface area contributed by atoms with Gasteiger partial charge >= 0.3 is 0 Å². The first-order valence-corrected chi connectivity index (χ1v) is 9.70.